The van der Waals surface area contributed by atoms with Gasteiger partial charge in [0.25, 0.3) is 0 Å². The third-order valence-corrected chi connectivity index (χ3v) is 3.36. The fraction of sp³-hybridized carbons (Fsp3) is 0.667. The molecule has 0 aromatic carbocycles. The summed E-state index contributed by atoms with van der Waals surface area (Å²) in [6.45, 7) is 8.01. The van der Waals surface area contributed by atoms with Crippen LogP contribution in [-0.2, 0) is 4.74 Å². The fourth-order valence-corrected chi connectivity index (χ4v) is 2.53. The van der Waals surface area contributed by atoms with E-state index in [1.54, 1.807) is 11.8 Å². The number of piperidine rings is 1. The van der Waals surface area contributed by atoms with Crippen molar-refractivity contribution in [3.8, 4) is 0 Å². The monoisotopic (exact) mass is 307 g/mol. The Morgan fingerprint density at radius 3 is 2.86 bits per heavy atom. The van der Waals surface area contributed by atoms with Crippen molar-refractivity contribution in [3.63, 3.8) is 0 Å². The predicted octanol–water partition coefficient (Wildman–Crippen LogP) is 2.88. The summed E-state index contributed by atoms with van der Waals surface area (Å²) in [5, 5.41) is 7.10. The average molecular weight is 307 g/mol. The highest BCUT2D eigenvalue weighted by Crippen LogP contribution is 2.32. The zero-order valence-corrected chi connectivity index (χ0v) is 13.7. The van der Waals surface area contributed by atoms with E-state index in [1.165, 1.54) is 0 Å². The first-order valence-electron chi connectivity index (χ1n) is 7.62. The third kappa shape index (κ3) is 4.22. The van der Waals surface area contributed by atoms with Crippen molar-refractivity contribution < 1.29 is 9.53 Å². The summed E-state index contributed by atoms with van der Waals surface area (Å²) in [6, 6.07) is 1.78. The largest absolute Gasteiger partial charge is 0.444 e. The Bertz CT molecular complexity index is 555. The summed E-state index contributed by atoms with van der Waals surface area (Å²) in [7, 11) is 0. The molecule has 1 amide bonds. The maximum Gasteiger partial charge on any atom is 0.410 e. The first-order chi connectivity index (χ1) is 10.3. The number of carbonyl (C=O) groups is 1. The summed E-state index contributed by atoms with van der Waals surface area (Å²) in [6.07, 6.45) is 2.65. The molecule has 7 nitrogen and oxygen atoms in total. The molecule has 1 aliphatic heterocycles. The van der Waals surface area contributed by atoms with E-state index < -0.39 is 5.60 Å². The lowest BCUT2D eigenvalue weighted by Gasteiger charge is -2.36. The summed E-state index contributed by atoms with van der Waals surface area (Å²) < 4.78 is 5.51. The molecular formula is C15H25N5O2. The van der Waals surface area contributed by atoms with Gasteiger partial charge < -0.3 is 10.5 Å². The molecule has 0 bridgehead atoms. The second-order valence-corrected chi connectivity index (χ2v) is 6.62. The average Bonchev–Trinajstić information content (AvgIpc) is 2.84. The summed E-state index contributed by atoms with van der Waals surface area (Å²) in [5.41, 5.74) is 5.93. The molecule has 1 unspecified atom stereocenters. The van der Waals surface area contributed by atoms with Gasteiger partial charge in [-0.05, 0) is 47.0 Å². The smallest absolute Gasteiger partial charge is 0.410 e. The van der Waals surface area contributed by atoms with Gasteiger partial charge in [0, 0.05) is 12.6 Å². The Kier molecular flexibility index (Phi) is 4.73. The van der Waals surface area contributed by atoms with Crippen LogP contribution < -0.4 is 5.73 Å². The molecule has 0 spiro atoms. The maximum absolute atomic E-state index is 12.4. The van der Waals surface area contributed by atoms with Crippen LogP contribution in [0.4, 0.5) is 10.6 Å². The molecule has 1 saturated heterocycles. The first kappa shape index (κ1) is 16.3. The van der Waals surface area contributed by atoms with Crippen LogP contribution in [0.1, 0.15) is 58.7 Å². The van der Waals surface area contributed by atoms with Crippen molar-refractivity contribution in [2.75, 3.05) is 6.54 Å². The number of nitrogens with two attached hydrogens (primary N) is 1. The van der Waals surface area contributed by atoms with Crippen LogP contribution in [0.3, 0.4) is 0 Å². The molecule has 3 N–H and O–H groups in total. The van der Waals surface area contributed by atoms with Gasteiger partial charge in [0.2, 0.25) is 0 Å². The van der Waals surface area contributed by atoms with Crippen LogP contribution in [0.15, 0.2) is 11.1 Å². The van der Waals surface area contributed by atoms with Crippen molar-refractivity contribution in [1.29, 1.82) is 0 Å². The van der Waals surface area contributed by atoms with Gasteiger partial charge >= 0.3 is 6.09 Å². The number of aliphatic imine (C=N–C) groups is 1. The number of rotatable bonds is 2. The van der Waals surface area contributed by atoms with Crippen molar-refractivity contribution in [1.82, 2.24) is 15.1 Å². The number of amidine groups is 1. The fourth-order valence-electron chi connectivity index (χ4n) is 2.53. The summed E-state index contributed by atoms with van der Waals surface area (Å²) in [5.74, 6) is 0.982. The van der Waals surface area contributed by atoms with Gasteiger partial charge in [-0.1, -0.05) is 0 Å². The number of nitrogens with one attached hydrogen (secondary N) is 1. The zero-order valence-electron chi connectivity index (χ0n) is 13.7. The number of likely N-dealkylation sites (tertiary alicyclic amines) is 1. The molecule has 1 fully saturated rings. The molecule has 1 atom stereocenters. The first-order valence-corrected chi connectivity index (χ1v) is 7.62. The second kappa shape index (κ2) is 6.37. The van der Waals surface area contributed by atoms with E-state index in [9.17, 15) is 4.79 Å². The van der Waals surface area contributed by atoms with Crippen molar-refractivity contribution in [3.05, 3.63) is 11.8 Å². The number of amides is 1. The predicted molar refractivity (Wildman–Crippen MR) is 85.1 cm³/mol. The molecule has 1 aromatic heterocycles. The normalized spacial score (nSPS) is 20.1. The van der Waals surface area contributed by atoms with E-state index in [0.717, 1.165) is 25.0 Å². The van der Waals surface area contributed by atoms with Gasteiger partial charge in [0.1, 0.15) is 5.60 Å². The molecule has 1 aromatic rings. The minimum atomic E-state index is -0.501. The summed E-state index contributed by atoms with van der Waals surface area (Å²) in [4.78, 5) is 18.3. The number of aromatic amines is 1. The quantitative estimate of drug-likeness (QED) is 0.648. The lowest BCUT2D eigenvalue weighted by molar-refractivity contribution is 0.00900. The minimum Gasteiger partial charge on any atom is -0.444 e. The molecule has 2 rings (SSSR count). The Hall–Kier alpha value is -2.05. The molecule has 0 radical (unpaired) electrons. The van der Waals surface area contributed by atoms with Crippen LogP contribution in [0.25, 0.3) is 0 Å². The molecule has 22 heavy (non-hydrogen) atoms. The van der Waals surface area contributed by atoms with Gasteiger partial charge in [-0.15, -0.1) is 0 Å². The van der Waals surface area contributed by atoms with Gasteiger partial charge in [-0.2, -0.15) is 5.10 Å². The highest BCUT2D eigenvalue weighted by Gasteiger charge is 2.32. The number of H-pyrrole nitrogens is 1. The van der Waals surface area contributed by atoms with E-state index in [1.807, 2.05) is 26.8 Å². The third-order valence-electron chi connectivity index (χ3n) is 3.36. The number of nitrogens with zero attached hydrogens (tertiary/aromatic N) is 3. The minimum absolute atomic E-state index is 0.0573. The highest BCUT2D eigenvalue weighted by atomic mass is 16.6. The van der Waals surface area contributed by atoms with Crippen molar-refractivity contribution >= 4 is 17.7 Å². The number of ether oxygens (including phenoxy) is 1. The van der Waals surface area contributed by atoms with E-state index in [-0.39, 0.29) is 12.1 Å². The van der Waals surface area contributed by atoms with Crippen LogP contribution in [0.5, 0.6) is 0 Å². The van der Waals surface area contributed by atoms with Crippen LogP contribution in [-0.4, -0.2) is 39.2 Å². The van der Waals surface area contributed by atoms with E-state index in [0.29, 0.717) is 18.2 Å². The number of aromatic nitrogens is 2. The van der Waals surface area contributed by atoms with Crippen molar-refractivity contribution in [2.24, 2.45) is 10.7 Å². The standard InChI is InChI=1S/C15H25N5O2/c1-10(16)17-13-9-11(18-19-13)12-7-5-6-8-20(12)14(21)22-15(2,3)4/h9,12H,5-8H2,1-4H3,(H3,16,17,18,19). The number of hydrogen-bond acceptors (Lipinski definition) is 4. The second-order valence-electron chi connectivity index (χ2n) is 6.62. The highest BCUT2D eigenvalue weighted by molar-refractivity contribution is 5.80. The molecule has 1 aliphatic rings. The van der Waals surface area contributed by atoms with Gasteiger partial charge in [-0.25, -0.2) is 9.79 Å². The molecule has 7 heteroatoms. The lowest BCUT2D eigenvalue weighted by Crippen LogP contribution is -2.42. The van der Waals surface area contributed by atoms with E-state index in [2.05, 4.69) is 15.2 Å². The Morgan fingerprint density at radius 1 is 1.50 bits per heavy atom. The molecule has 2 heterocycles. The molecule has 122 valence electrons. The van der Waals surface area contributed by atoms with Crippen molar-refractivity contribution in [2.45, 2.75) is 58.6 Å². The Balaban J connectivity index is 2.17. The van der Waals surface area contributed by atoms with Gasteiger partial charge in [0.15, 0.2) is 5.82 Å². The van der Waals surface area contributed by atoms with Crippen LogP contribution in [0.2, 0.25) is 0 Å². The van der Waals surface area contributed by atoms with Gasteiger partial charge in [-0.3, -0.25) is 10.00 Å². The van der Waals surface area contributed by atoms with E-state index in [4.69, 9.17) is 10.5 Å². The molecular weight excluding hydrogens is 282 g/mol. The molecule has 0 aliphatic carbocycles. The van der Waals surface area contributed by atoms with Gasteiger partial charge in [0.05, 0.1) is 17.6 Å². The maximum atomic E-state index is 12.4. The number of hydrogen-bond donors (Lipinski definition) is 2. The summed E-state index contributed by atoms with van der Waals surface area (Å²) >= 11 is 0. The zero-order chi connectivity index (χ0) is 16.3. The Morgan fingerprint density at radius 2 is 2.23 bits per heavy atom. The van der Waals surface area contributed by atoms with Crippen LogP contribution in [0, 0.1) is 0 Å². The molecule has 0 saturated carbocycles. The van der Waals surface area contributed by atoms with Crippen LogP contribution >= 0.6 is 0 Å². The Labute approximate surface area is 130 Å². The SMILES string of the molecule is CC(N)=Nc1cc(C2CCCCN2C(=O)OC(C)(C)C)[nH]n1. The van der Waals surface area contributed by atoms with E-state index >= 15 is 0 Å². The lowest BCUT2D eigenvalue weighted by atomic mass is 10.00. The topological polar surface area (TPSA) is 96.6 Å². The number of carbonyl (C=O) groups excluding carboxylic acids is 1.